The van der Waals surface area contributed by atoms with E-state index in [-0.39, 0.29) is 0 Å². The third kappa shape index (κ3) is 2.60. The van der Waals surface area contributed by atoms with E-state index in [1.165, 1.54) is 24.4 Å². The number of anilines is 1. The zero-order valence-electron chi connectivity index (χ0n) is 8.49. The van der Waals surface area contributed by atoms with Crippen molar-refractivity contribution in [1.29, 1.82) is 0 Å². The Bertz CT molecular complexity index is 296. The number of hydrogen-bond donors (Lipinski definition) is 1. The summed E-state index contributed by atoms with van der Waals surface area (Å²) in [7, 11) is 0. The SMILES string of the molecule is CSC(C)CNc1nc(C2CC2)ns1. The van der Waals surface area contributed by atoms with Crippen LogP contribution in [0.3, 0.4) is 0 Å². The number of nitrogens with zero attached hydrogens (tertiary/aromatic N) is 2. The van der Waals surface area contributed by atoms with E-state index in [9.17, 15) is 0 Å². The normalized spacial score (nSPS) is 18.1. The van der Waals surface area contributed by atoms with Gasteiger partial charge in [-0.2, -0.15) is 16.1 Å². The Labute approximate surface area is 92.9 Å². The van der Waals surface area contributed by atoms with Gasteiger partial charge in [0.2, 0.25) is 5.13 Å². The second-order valence-electron chi connectivity index (χ2n) is 3.66. The van der Waals surface area contributed by atoms with Gasteiger partial charge in [-0.3, -0.25) is 0 Å². The molecule has 1 heterocycles. The molecule has 1 aromatic heterocycles. The highest BCUT2D eigenvalue weighted by Crippen LogP contribution is 2.39. The first-order valence-electron chi connectivity index (χ1n) is 4.90. The lowest BCUT2D eigenvalue weighted by atomic mass is 10.4. The first-order valence-corrected chi connectivity index (χ1v) is 6.96. The Balaban J connectivity index is 1.83. The van der Waals surface area contributed by atoms with Crippen LogP contribution in [0.2, 0.25) is 0 Å². The van der Waals surface area contributed by atoms with Gasteiger partial charge in [-0.15, -0.1) is 0 Å². The number of hydrogen-bond acceptors (Lipinski definition) is 5. The van der Waals surface area contributed by atoms with Gasteiger partial charge in [0.05, 0.1) is 0 Å². The van der Waals surface area contributed by atoms with Crippen LogP contribution >= 0.6 is 23.3 Å². The fourth-order valence-electron chi connectivity index (χ4n) is 1.13. The molecule has 0 aromatic carbocycles. The molecule has 0 spiro atoms. The summed E-state index contributed by atoms with van der Waals surface area (Å²) in [5.41, 5.74) is 0. The van der Waals surface area contributed by atoms with Gasteiger partial charge in [0.1, 0.15) is 5.82 Å². The second kappa shape index (κ2) is 4.49. The number of rotatable bonds is 5. The van der Waals surface area contributed by atoms with Crippen LogP contribution < -0.4 is 5.32 Å². The minimum absolute atomic E-state index is 0.628. The van der Waals surface area contributed by atoms with Crippen molar-refractivity contribution in [2.75, 3.05) is 18.1 Å². The highest BCUT2D eigenvalue weighted by Gasteiger charge is 2.27. The summed E-state index contributed by atoms with van der Waals surface area (Å²) in [6.07, 6.45) is 4.68. The van der Waals surface area contributed by atoms with Crippen LogP contribution in [0.15, 0.2) is 0 Å². The van der Waals surface area contributed by atoms with Crippen LogP contribution in [0.25, 0.3) is 0 Å². The predicted molar refractivity (Wildman–Crippen MR) is 63.4 cm³/mol. The number of thioether (sulfide) groups is 1. The zero-order valence-corrected chi connectivity index (χ0v) is 10.1. The van der Waals surface area contributed by atoms with Crippen molar-refractivity contribution in [3.8, 4) is 0 Å². The molecule has 3 nitrogen and oxygen atoms in total. The Morgan fingerprint density at radius 3 is 3.07 bits per heavy atom. The van der Waals surface area contributed by atoms with E-state index in [2.05, 4.69) is 27.9 Å². The van der Waals surface area contributed by atoms with Crippen molar-refractivity contribution in [3.63, 3.8) is 0 Å². The zero-order chi connectivity index (χ0) is 9.97. The summed E-state index contributed by atoms with van der Waals surface area (Å²) < 4.78 is 4.34. The van der Waals surface area contributed by atoms with E-state index in [4.69, 9.17) is 0 Å². The minimum Gasteiger partial charge on any atom is -0.359 e. The van der Waals surface area contributed by atoms with Crippen molar-refractivity contribution < 1.29 is 0 Å². The van der Waals surface area contributed by atoms with Crippen LogP contribution in [0.4, 0.5) is 5.13 Å². The minimum atomic E-state index is 0.628. The molecule has 1 aliphatic carbocycles. The first kappa shape index (κ1) is 10.2. The van der Waals surface area contributed by atoms with Gasteiger partial charge in [-0.1, -0.05) is 6.92 Å². The maximum absolute atomic E-state index is 4.47. The Morgan fingerprint density at radius 2 is 2.43 bits per heavy atom. The van der Waals surface area contributed by atoms with Gasteiger partial charge in [-0.05, 0) is 19.1 Å². The van der Waals surface area contributed by atoms with Crippen molar-refractivity contribution in [2.45, 2.75) is 30.9 Å². The predicted octanol–water partition coefficient (Wildman–Crippen LogP) is 2.58. The van der Waals surface area contributed by atoms with Crippen molar-refractivity contribution in [3.05, 3.63) is 5.82 Å². The van der Waals surface area contributed by atoms with E-state index in [1.54, 1.807) is 0 Å². The maximum atomic E-state index is 4.47. The van der Waals surface area contributed by atoms with E-state index in [1.807, 2.05) is 11.8 Å². The van der Waals surface area contributed by atoms with Crippen molar-refractivity contribution in [2.24, 2.45) is 0 Å². The molecule has 1 saturated carbocycles. The Morgan fingerprint density at radius 1 is 1.64 bits per heavy atom. The van der Waals surface area contributed by atoms with Crippen LogP contribution in [0.1, 0.15) is 31.5 Å². The van der Waals surface area contributed by atoms with Crippen LogP contribution in [-0.2, 0) is 0 Å². The molecular formula is C9H15N3S2. The van der Waals surface area contributed by atoms with Gasteiger partial charge in [0, 0.05) is 29.2 Å². The van der Waals surface area contributed by atoms with Gasteiger partial charge in [0.15, 0.2) is 0 Å². The molecule has 1 aliphatic rings. The molecule has 1 unspecified atom stereocenters. The summed E-state index contributed by atoms with van der Waals surface area (Å²) in [6, 6.07) is 0. The van der Waals surface area contributed by atoms with Crippen molar-refractivity contribution >= 4 is 28.4 Å². The number of aromatic nitrogens is 2. The molecule has 1 fully saturated rings. The summed E-state index contributed by atoms with van der Waals surface area (Å²) >= 11 is 3.35. The molecule has 1 aromatic rings. The van der Waals surface area contributed by atoms with E-state index in [0.717, 1.165) is 17.5 Å². The van der Waals surface area contributed by atoms with Gasteiger partial charge >= 0.3 is 0 Å². The molecule has 0 bridgehead atoms. The molecule has 5 heteroatoms. The van der Waals surface area contributed by atoms with Crippen molar-refractivity contribution in [1.82, 2.24) is 9.36 Å². The third-order valence-corrected chi connectivity index (χ3v) is 3.99. The second-order valence-corrected chi connectivity index (χ2v) is 5.69. The molecular weight excluding hydrogens is 214 g/mol. The smallest absolute Gasteiger partial charge is 0.202 e. The van der Waals surface area contributed by atoms with E-state index >= 15 is 0 Å². The summed E-state index contributed by atoms with van der Waals surface area (Å²) in [6.45, 7) is 3.18. The summed E-state index contributed by atoms with van der Waals surface area (Å²) in [4.78, 5) is 4.47. The molecule has 78 valence electrons. The lowest BCUT2D eigenvalue weighted by Crippen LogP contribution is -2.12. The third-order valence-electron chi connectivity index (χ3n) is 2.33. The van der Waals surface area contributed by atoms with Gasteiger partial charge in [0.25, 0.3) is 0 Å². The molecule has 2 rings (SSSR count). The van der Waals surface area contributed by atoms with Gasteiger partial charge < -0.3 is 5.32 Å². The Kier molecular flexibility index (Phi) is 3.28. The highest BCUT2D eigenvalue weighted by molar-refractivity contribution is 7.99. The van der Waals surface area contributed by atoms with E-state index in [0.29, 0.717) is 11.2 Å². The molecule has 1 atom stereocenters. The number of nitrogens with one attached hydrogen (secondary N) is 1. The first-order chi connectivity index (χ1) is 6.79. The molecule has 0 aliphatic heterocycles. The fourth-order valence-corrected chi connectivity index (χ4v) is 2.03. The monoisotopic (exact) mass is 229 g/mol. The summed E-state index contributed by atoms with van der Waals surface area (Å²) in [5, 5.41) is 4.93. The topological polar surface area (TPSA) is 37.8 Å². The van der Waals surface area contributed by atoms with Gasteiger partial charge in [-0.25, -0.2) is 4.98 Å². The molecule has 0 amide bonds. The van der Waals surface area contributed by atoms with Crippen LogP contribution in [-0.4, -0.2) is 27.4 Å². The van der Waals surface area contributed by atoms with Crippen LogP contribution in [0.5, 0.6) is 0 Å². The molecule has 0 saturated heterocycles. The Hall–Kier alpha value is -0.290. The molecule has 1 N–H and O–H groups in total. The quantitative estimate of drug-likeness (QED) is 0.842. The largest absolute Gasteiger partial charge is 0.359 e. The average Bonchev–Trinajstić information content (AvgIpc) is 2.95. The van der Waals surface area contributed by atoms with Crippen LogP contribution in [0, 0.1) is 0 Å². The molecule has 0 radical (unpaired) electrons. The lowest BCUT2D eigenvalue weighted by molar-refractivity contribution is 0.964. The summed E-state index contributed by atoms with van der Waals surface area (Å²) in [5.74, 6) is 1.72. The highest BCUT2D eigenvalue weighted by atomic mass is 32.2. The van der Waals surface area contributed by atoms with E-state index < -0.39 is 0 Å². The standard InChI is InChI=1S/C9H15N3S2/c1-6(13-2)5-10-9-11-8(12-14-9)7-3-4-7/h6-7H,3-5H2,1-2H3,(H,10,11,12). The lowest BCUT2D eigenvalue weighted by Gasteiger charge is -2.07. The average molecular weight is 229 g/mol. The molecule has 14 heavy (non-hydrogen) atoms. The maximum Gasteiger partial charge on any atom is 0.202 e. The fraction of sp³-hybridized carbons (Fsp3) is 0.778.